The summed E-state index contributed by atoms with van der Waals surface area (Å²) in [5, 5.41) is 0. The second kappa shape index (κ2) is 6.79. The van der Waals surface area contributed by atoms with Crippen LogP contribution in [0.5, 0.6) is 0 Å². The average molecular weight is 429 g/mol. The summed E-state index contributed by atoms with van der Waals surface area (Å²) in [7, 11) is 0. The summed E-state index contributed by atoms with van der Waals surface area (Å²) in [6.45, 7) is 0. The van der Waals surface area contributed by atoms with Crippen LogP contribution in [0.3, 0.4) is 0 Å². The van der Waals surface area contributed by atoms with E-state index in [-0.39, 0.29) is 0 Å². The monoisotopic (exact) mass is 429 g/mol. The van der Waals surface area contributed by atoms with Gasteiger partial charge in [0, 0.05) is 18.6 Å². The number of aromatic nitrogens is 9. The summed E-state index contributed by atoms with van der Waals surface area (Å²) >= 11 is 0. The molecule has 0 amide bonds. The Morgan fingerprint density at radius 3 is 1.06 bits per heavy atom. The van der Waals surface area contributed by atoms with Crippen molar-refractivity contribution in [1.82, 2.24) is 43.6 Å². The van der Waals surface area contributed by atoms with Gasteiger partial charge in [-0.05, 0) is 36.4 Å². The Morgan fingerprint density at radius 2 is 0.788 bits per heavy atom. The van der Waals surface area contributed by atoms with Crippen LogP contribution in [0.15, 0.2) is 92.6 Å². The Hall–Kier alpha value is -4.92. The fourth-order valence-corrected chi connectivity index (χ4v) is 4.32. The molecule has 6 aromatic heterocycles. The van der Waals surface area contributed by atoms with Gasteiger partial charge in [-0.15, -0.1) is 0 Å². The number of imidazole rings is 3. The molecule has 0 N–H and O–H groups in total. The van der Waals surface area contributed by atoms with E-state index >= 15 is 0 Å². The van der Waals surface area contributed by atoms with Gasteiger partial charge in [-0.3, -0.25) is 28.7 Å². The van der Waals surface area contributed by atoms with Gasteiger partial charge in [-0.1, -0.05) is 0 Å². The lowest BCUT2D eigenvalue weighted by Gasteiger charge is -2.09. The van der Waals surface area contributed by atoms with E-state index < -0.39 is 0 Å². The number of hydrogen-bond acceptors (Lipinski definition) is 6. The third kappa shape index (κ3) is 2.53. The summed E-state index contributed by atoms with van der Waals surface area (Å²) in [5.41, 5.74) is 7.80. The smallest absolute Gasteiger partial charge is 0.117 e. The van der Waals surface area contributed by atoms with Gasteiger partial charge in [0.25, 0.3) is 0 Å². The van der Waals surface area contributed by atoms with Crippen LogP contribution in [0, 0.1) is 0 Å². The summed E-state index contributed by atoms with van der Waals surface area (Å²) in [5.74, 6) is 0. The molecule has 156 valence electrons. The highest BCUT2D eigenvalue weighted by molar-refractivity contribution is 6.20. The Bertz CT molecular complexity index is 1510. The number of pyridine rings is 3. The van der Waals surface area contributed by atoms with E-state index in [4.69, 9.17) is 15.0 Å². The van der Waals surface area contributed by atoms with Crippen molar-refractivity contribution in [2.45, 2.75) is 0 Å². The first-order valence-electron chi connectivity index (χ1n) is 10.3. The average Bonchev–Trinajstić information content (AvgIpc) is 3.61. The SMILES string of the molecule is c1cncc(-n2cnc3c2c2ncn(-c4cccnc4)c2c2ncn(-c4cccnc4)c32)c1. The van der Waals surface area contributed by atoms with E-state index in [0.29, 0.717) is 0 Å². The second-order valence-corrected chi connectivity index (χ2v) is 7.57. The Kier molecular flexibility index (Phi) is 3.65. The first-order valence-corrected chi connectivity index (χ1v) is 10.3. The molecule has 0 saturated carbocycles. The second-order valence-electron chi connectivity index (χ2n) is 7.57. The molecule has 0 atom stereocenters. The molecule has 0 bridgehead atoms. The first-order chi connectivity index (χ1) is 16.4. The fourth-order valence-electron chi connectivity index (χ4n) is 4.32. The molecule has 0 aliphatic carbocycles. The third-order valence-corrected chi connectivity index (χ3v) is 5.75. The molecular formula is C24H15N9. The normalized spacial score (nSPS) is 11.6. The van der Waals surface area contributed by atoms with Crippen molar-refractivity contribution in [3.63, 3.8) is 0 Å². The minimum Gasteiger partial charge on any atom is -0.295 e. The summed E-state index contributed by atoms with van der Waals surface area (Å²) in [6.07, 6.45) is 16.1. The van der Waals surface area contributed by atoms with Crippen molar-refractivity contribution in [1.29, 1.82) is 0 Å². The lowest BCUT2D eigenvalue weighted by molar-refractivity contribution is 1.07. The molecule has 9 nitrogen and oxygen atoms in total. The Balaban J connectivity index is 1.68. The Labute approximate surface area is 186 Å². The van der Waals surface area contributed by atoms with Crippen LogP contribution < -0.4 is 0 Å². The molecule has 0 aliphatic rings. The zero-order chi connectivity index (χ0) is 21.8. The van der Waals surface area contributed by atoms with Gasteiger partial charge in [-0.2, -0.15) is 0 Å². The van der Waals surface area contributed by atoms with E-state index in [1.807, 2.05) is 87.7 Å². The van der Waals surface area contributed by atoms with E-state index in [1.54, 1.807) is 18.6 Å². The van der Waals surface area contributed by atoms with E-state index in [0.717, 1.165) is 50.2 Å². The lowest BCUT2D eigenvalue weighted by atomic mass is 10.2. The van der Waals surface area contributed by atoms with Crippen LogP contribution >= 0.6 is 0 Å². The standard InChI is InChI=1S/C24H15N9/c1-4-16(10-25-7-1)31-13-28-19-22(31)20-24(32(14-29-20)17-5-2-8-26-11-17)21-23(19)33(15-30-21)18-6-3-9-27-12-18/h1-15H. The molecule has 6 heterocycles. The van der Waals surface area contributed by atoms with Gasteiger partial charge >= 0.3 is 0 Å². The third-order valence-electron chi connectivity index (χ3n) is 5.75. The van der Waals surface area contributed by atoms with Gasteiger partial charge in [0.1, 0.15) is 52.1 Å². The first kappa shape index (κ1) is 17.7. The minimum absolute atomic E-state index is 0.805. The maximum atomic E-state index is 4.81. The fraction of sp³-hybridized carbons (Fsp3) is 0. The molecule has 0 unspecified atom stereocenters. The molecule has 0 fully saturated rings. The molecule has 33 heavy (non-hydrogen) atoms. The van der Waals surface area contributed by atoms with Crippen molar-refractivity contribution in [2.24, 2.45) is 0 Å². The van der Waals surface area contributed by atoms with Gasteiger partial charge in [-0.25, -0.2) is 15.0 Å². The largest absolute Gasteiger partial charge is 0.295 e. The van der Waals surface area contributed by atoms with Gasteiger partial charge in [0.15, 0.2) is 0 Å². The summed E-state index contributed by atoms with van der Waals surface area (Å²) < 4.78 is 6.06. The molecule has 9 heteroatoms. The molecule has 0 aliphatic heterocycles. The summed E-state index contributed by atoms with van der Waals surface area (Å²) in [4.78, 5) is 27.3. The molecule has 0 saturated heterocycles. The molecule has 7 rings (SSSR count). The maximum absolute atomic E-state index is 4.81. The molecular weight excluding hydrogens is 414 g/mol. The van der Waals surface area contributed by atoms with Gasteiger partial charge < -0.3 is 0 Å². The Morgan fingerprint density at radius 1 is 0.455 bits per heavy atom. The van der Waals surface area contributed by atoms with Crippen molar-refractivity contribution >= 4 is 33.1 Å². The van der Waals surface area contributed by atoms with Crippen molar-refractivity contribution < 1.29 is 0 Å². The van der Waals surface area contributed by atoms with Crippen molar-refractivity contribution in [3.05, 3.63) is 92.6 Å². The molecule has 1 aromatic carbocycles. The highest BCUT2D eigenvalue weighted by Gasteiger charge is 2.23. The van der Waals surface area contributed by atoms with Gasteiger partial charge in [0.05, 0.1) is 35.7 Å². The van der Waals surface area contributed by atoms with E-state index in [2.05, 4.69) is 15.0 Å². The zero-order valence-electron chi connectivity index (χ0n) is 17.2. The van der Waals surface area contributed by atoms with Crippen LogP contribution in [0.4, 0.5) is 0 Å². The number of nitrogens with zero attached hydrogens (tertiary/aromatic N) is 9. The topological polar surface area (TPSA) is 92.1 Å². The van der Waals surface area contributed by atoms with E-state index in [9.17, 15) is 0 Å². The number of benzene rings is 1. The van der Waals surface area contributed by atoms with Crippen LogP contribution in [-0.4, -0.2) is 43.6 Å². The van der Waals surface area contributed by atoms with Crippen molar-refractivity contribution in [3.8, 4) is 17.1 Å². The van der Waals surface area contributed by atoms with Gasteiger partial charge in [0.2, 0.25) is 0 Å². The van der Waals surface area contributed by atoms with E-state index in [1.165, 1.54) is 0 Å². The molecule has 0 spiro atoms. The highest BCUT2D eigenvalue weighted by Crippen LogP contribution is 2.36. The van der Waals surface area contributed by atoms with Crippen LogP contribution in [0.2, 0.25) is 0 Å². The van der Waals surface area contributed by atoms with Crippen LogP contribution in [-0.2, 0) is 0 Å². The quantitative estimate of drug-likeness (QED) is 0.423. The number of rotatable bonds is 3. The lowest BCUT2D eigenvalue weighted by Crippen LogP contribution is -1.97. The predicted octanol–water partition coefficient (Wildman–Crippen LogP) is 3.89. The number of fused-ring (bicyclic) bond motifs is 6. The number of hydrogen-bond donors (Lipinski definition) is 0. The van der Waals surface area contributed by atoms with Crippen molar-refractivity contribution in [2.75, 3.05) is 0 Å². The molecule has 0 radical (unpaired) electrons. The predicted molar refractivity (Wildman–Crippen MR) is 124 cm³/mol. The minimum atomic E-state index is 0.805. The maximum Gasteiger partial charge on any atom is 0.117 e. The van der Waals surface area contributed by atoms with Crippen LogP contribution in [0.25, 0.3) is 50.2 Å². The highest BCUT2D eigenvalue weighted by atomic mass is 15.1. The molecule has 7 aromatic rings. The summed E-state index contributed by atoms with van der Waals surface area (Å²) in [6, 6.07) is 11.7. The zero-order valence-corrected chi connectivity index (χ0v) is 17.2. The van der Waals surface area contributed by atoms with Crippen LogP contribution in [0.1, 0.15) is 0 Å².